The van der Waals surface area contributed by atoms with Gasteiger partial charge in [0.05, 0.1) is 16.4 Å². The average Bonchev–Trinajstić information content (AvgIpc) is 3.07. The number of hydrogen-bond acceptors (Lipinski definition) is 8. The van der Waals surface area contributed by atoms with E-state index in [0.29, 0.717) is 11.1 Å². The number of benzene rings is 3. The molecule has 3 aromatic rings. The fourth-order valence-electron chi connectivity index (χ4n) is 3.23. The lowest BCUT2D eigenvalue weighted by molar-refractivity contribution is -0.384. The predicted molar refractivity (Wildman–Crippen MR) is 130 cm³/mol. The lowest BCUT2D eigenvalue weighted by Crippen LogP contribution is -2.27. The average molecular weight is 511 g/mol. The molecule has 0 unspecified atom stereocenters. The van der Waals surface area contributed by atoms with E-state index in [1.54, 1.807) is 24.3 Å². The molecule has 0 bridgehead atoms. The minimum absolute atomic E-state index is 0.0147. The van der Waals surface area contributed by atoms with Crippen molar-refractivity contribution in [1.82, 2.24) is 4.90 Å². The topological polar surface area (TPSA) is 124 Å². The van der Waals surface area contributed by atoms with Crippen LogP contribution in [0.4, 0.5) is 10.5 Å². The second-order valence-electron chi connectivity index (χ2n) is 7.61. The third-order valence-corrected chi connectivity index (χ3v) is 7.20. The molecule has 1 aliphatic rings. The molecule has 1 aliphatic heterocycles. The van der Waals surface area contributed by atoms with E-state index in [0.717, 1.165) is 22.2 Å². The van der Waals surface area contributed by atoms with Gasteiger partial charge in [0.15, 0.2) is 0 Å². The number of non-ortho nitro benzene ring substituents is 1. The van der Waals surface area contributed by atoms with Crippen molar-refractivity contribution in [3.05, 3.63) is 105 Å². The van der Waals surface area contributed by atoms with Gasteiger partial charge in [-0.15, -0.1) is 0 Å². The molecular formula is C24H18N2O7S2. The first-order valence-electron chi connectivity index (χ1n) is 10.2. The zero-order valence-corrected chi connectivity index (χ0v) is 19.9. The van der Waals surface area contributed by atoms with Crippen molar-refractivity contribution in [2.75, 3.05) is 0 Å². The second kappa shape index (κ2) is 9.72. The minimum Gasteiger partial charge on any atom is -0.379 e. The Hall–Kier alpha value is -3.96. The largest absolute Gasteiger partial charge is 0.379 e. The van der Waals surface area contributed by atoms with Crippen LogP contribution in [0.3, 0.4) is 0 Å². The first-order valence-corrected chi connectivity index (χ1v) is 12.4. The first kappa shape index (κ1) is 24.2. The molecule has 3 aromatic carbocycles. The molecule has 178 valence electrons. The van der Waals surface area contributed by atoms with Crippen molar-refractivity contribution in [3.8, 4) is 5.75 Å². The van der Waals surface area contributed by atoms with Crippen LogP contribution >= 0.6 is 11.8 Å². The van der Waals surface area contributed by atoms with Crippen LogP contribution in [0.5, 0.6) is 5.75 Å². The molecule has 0 spiro atoms. The van der Waals surface area contributed by atoms with Crippen LogP contribution < -0.4 is 4.18 Å². The molecule has 1 fully saturated rings. The van der Waals surface area contributed by atoms with Crippen LogP contribution in [0.2, 0.25) is 0 Å². The Labute approximate surface area is 205 Å². The molecular weight excluding hydrogens is 492 g/mol. The molecule has 0 radical (unpaired) electrons. The molecule has 11 heteroatoms. The highest BCUT2D eigenvalue weighted by molar-refractivity contribution is 8.18. The van der Waals surface area contributed by atoms with Crippen LogP contribution in [0, 0.1) is 17.0 Å². The maximum Gasteiger partial charge on any atom is 0.339 e. The molecule has 0 saturated carbocycles. The Morgan fingerprint density at radius 3 is 2.37 bits per heavy atom. The number of carbonyl (C=O) groups excluding carboxylic acids is 2. The first-order chi connectivity index (χ1) is 16.6. The number of imide groups is 1. The van der Waals surface area contributed by atoms with E-state index in [9.17, 15) is 28.1 Å². The minimum atomic E-state index is -4.04. The quantitative estimate of drug-likeness (QED) is 0.190. The third kappa shape index (κ3) is 5.58. The fourth-order valence-corrected chi connectivity index (χ4v) is 4.99. The SMILES string of the molecule is Cc1ccc(S(=O)(=O)Oc2cccc(/C=C3\SC(=O)N(Cc4ccc([N+](=O)[O-])cc4)C3=O)c2)cc1. The Kier molecular flexibility index (Phi) is 6.72. The zero-order valence-electron chi connectivity index (χ0n) is 18.3. The highest BCUT2D eigenvalue weighted by Crippen LogP contribution is 2.34. The van der Waals surface area contributed by atoms with Gasteiger partial charge < -0.3 is 4.18 Å². The van der Waals surface area contributed by atoms with Gasteiger partial charge in [-0.25, -0.2) is 0 Å². The van der Waals surface area contributed by atoms with Gasteiger partial charge in [-0.3, -0.25) is 24.6 Å². The maximum atomic E-state index is 12.8. The summed E-state index contributed by atoms with van der Waals surface area (Å²) >= 11 is 0.752. The number of nitrogens with zero attached hydrogens (tertiary/aromatic N) is 2. The van der Waals surface area contributed by atoms with Crippen molar-refractivity contribution in [2.45, 2.75) is 18.4 Å². The lowest BCUT2D eigenvalue weighted by atomic mass is 10.2. The van der Waals surface area contributed by atoms with E-state index in [2.05, 4.69) is 0 Å². The number of thioether (sulfide) groups is 1. The van der Waals surface area contributed by atoms with Crippen LogP contribution in [-0.4, -0.2) is 29.4 Å². The Bertz CT molecular complexity index is 1450. The summed E-state index contributed by atoms with van der Waals surface area (Å²) in [6.07, 6.45) is 1.48. The molecule has 4 rings (SSSR count). The number of aryl methyl sites for hydroxylation is 1. The van der Waals surface area contributed by atoms with Gasteiger partial charge in [0.2, 0.25) is 0 Å². The zero-order chi connectivity index (χ0) is 25.2. The van der Waals surface area contributed by atoms with Gasteiger partial charge in [-0.2, -0.15) is 8.42 Å². The van der Waals surface area contributed by atoms with Gasteiger partial charge in [0.1, 0.15) is 10.6 Å². The second-order valence-corrected chi connectivity index (χ2v) is 10.2. The molecule has 0 aliphatic carbocycles. The molecule has 1 saturated heterocycles. The number of nitro benzene ring substituents is 1. The predicted octanol–water partition coefficient (Wildman–Crippen LogP) is 4.91. The fraction of sp³-hybridized carbons (Fsp3) is 0.0833. The van der Waals surface area contributed by atoms with Crippen LogP contribution in [0.15, 0.2) is 82.6 Å². The van der Waals surface area contributed by atoms with Crippen molar-refractivity contribution in [3.63, 3.8) is 0 Å². The molecule has 0 atom stereocenters. The van der Waals surface area contributed by atoms with E-state index >= 15 is 0 Å². The normalized spacial score (nSPS) is 15.0. The number of amides is 2. The lowest BCUT2D eigenvalue weighted by Gasteiger charge is -2.12. The standard InChI is InChI=1S/C24H18N2O7S2/c1-16-5-11-21(12-6-16)35(31,32)33-20-4-2-3-18(13-20)14-22-23(27)25(24(28)34-22)15-17-7-9-19(10-8-17)26(29)30/h2-14H,15H2,1H3/b22-14-. The van der Waals surface area contributed by atoms with E-state index in [-0.39, 0.29) is 27.8 Å². The van der Waals surface area contributed by atoms with Crippen molar-refractivity contribution < 1.29 is 27.1 Å². The Balaban J connectivity index is 1.50. The van der Waals surface area contributed by atoms with Gasteiger partial charge in [-0.05, 0) is 60.2 Å². The summed E-state index contributed by atoms with van der Waals surface area (Å²) in [7, 11) is -4.04. The monoisotopic (exact) mass is 510 g/mol. The summed E-state index contributed by atoms with van der Waals surface area (Å²) in [5, 5.41) is 10.3. The van der Waals surface area contributed by atoms with Gasteiger partial charge in [-0.1, -0.05) is 42.0 Å². The molecule has 0 N–H and O–H groups in total. The summed E-state index contributed by atoms with van der Waals surface area (Å²) in [5.41, 5.74) is 1.86. The van der Waals surface area contributed by atoms with Crippen LogP contribution in [0.1, 0.15) is 16.7 Å². The van der Waals surface area contributed by atoms with E-state index in [1.807, 2.05) is 6.92 Å². The Morgan fingerprint density at radius 1 is 1.03 bits per heavy atom. The van der Waals surface area contributed by atoms with E-state index in [1.165, 1.54) is 54.6 Å². The molecule has 9 nitrogen and oxygen atoms in total. The summed E-state index contributed by atoms with van der Waals surface area (Å²) in [6, 6.07) is 18.0. The number of nitro groups is 1. The van der Waals surface area contributed by atoms with Gasteiger partial charge in [0.25, 0.3) is 16.8 Å². The molecule has 35 heavy (non-hydrogen) atoms. The summed E-state index contributed by atoms with van der Waals surface area (Å²) in [4.78, 5) is 36.7. The van der Waals surface area contributed by atoms with Crippen LogP contribution in [0.25, 0.3) is 6.08 Å². The number of hydrogen-bond donors (Lipinski definition) is 0. The Morgan fingerprint density at radius 2 is 1.71 bits per heavy atom. The summed E-state index contributed by atoms with van der Waals surface area (Å²) in [6.45, 7) is 1.81. The van der Waals surface area contributed by atoms with Crippen molar-refractivity contribution in [1.29, 1.82) is 0 Å². The van der Waals surface area contributed by atoms with Crippen LogP contribution in [-0.2, 0) is 21.5 Å². The van der Waals surface area contributed by atoms with Crippen molar-refractivity contribution >= 4 is 44.8 Å². The summed E-state index contributed by atoms with van der Waals surface area (Å²) in [5.74, 6) is -0.457. The smallest absolute Gasteiger partial charge is 0.339 e. The maximum absolute atomic E-state index is 12.8. The van der Waals surface area contributed by atoms with Crippen molar-refractivity contribution in [2.24, 2.45) is 0 Å². The van der Waals surface area contributed by atoms with Gasteiger partial charge >= 0.3 is 10.1 Å². The van der Waals surface area contributed by atoms with E-state index in [4.69, 9.17) is 4.18 Å². The highest BCUT2D eigenvalue weighted by Gasteiger charge is 2.35. The number of carbonyl (C=O) groups is 2. The summed E-state index contributed by atoms with van der Waals surface area (Å²) < 4.78 is 30.3. The van der Waals surface area contributed by atoms with Gasteiger partial charge in [0, 0.05) is 12.1 Å². The third-order valence-electron chi connectivity index (χ3n) is 5.03. The molecule has 2 amide bonds. The molecule has 1 heterocycles. The van der Waals surface area contributed by atoms with E-state index < -0.39 is 26.2 Å². The molecule has 0 aromatic heterocycles. The highest BCUT2D eigenvalue weighted by atomic mass is 32.2. The number of rotatable bonds is 7.